The number of morpholine rings is 1. The Kier molecular flexibility index (Phi) is 7.03. The van der Waals surface area contributed by atoms with Gasteiger partial charge in [-0.25, -0.2) is 14.8 Å². The molecule has 0 saturated carbocycles. The highest BCUT2D eigenvalue weighted by Crippen LogP contribution is 2.31. The molecule has 2 aliphatic rings. The van der Waals surface area contributed by atoms with Crippen molar-refractivity contribution in [3.63, 3.8) is 0 Å². The van der Waals surface area contributed by atoms with Crippen LogP contribution in [0.5, 0.6) is 0 Å². The predicted molar refractivity (Wildman–Crippen MR) is 136 cm³/mol. The molecular weight excluding hydrogens is 458 g/mol. The molecule has 3 aromatic rings. The van der Waals surface area contributed by atoms with Gasteiger partial charge in [-0.1, -0.05) is 6.07 Å². The smallest absolute Gasteiger partial charge is 0.319 e. The summed E-state index contributed by atoms with van der Waals surface area (Å²) < 4.78 is 5.56. The van der Waals surface area contributed by atoms with Crippen LogP contribution in [0.25, 0.3) is 11.4 Å². The van der Waals surface area contributed by atoms with Crippen molar-refractivity contribution in [3.05, 3.63) is 65.6 Å². The molecule has 1 saturated heterocycles. The Labute approximate surface area is 209 Å². The van der Waals surface area contributed by atoms with Gasteiger partial charge in [-0.05, 0) is 49.7 Å². The first-order chi connectivity index (χ1) is 17.6. The van der Waals surface area contributed by atoms with E-state index in [4.69, 9.17) is 14.7 Å². The minimum absolute atomic E-state index is 0.102. The number of nitrogens with zero attached hydrogens (tertiary/aromatic N) is 5. The summed E-state index contributed by atoms with van der Waals surface area (Å²) >= 11 is 0. The minimum Gasteiger partial charge on any atom is -0.378 e. The molecule has 0 radical (unpaired) electrons. The Morgan fingerprint density at radius 1 is 1.03 bits per heavy atom. The molecule has 0 aliphatic carbocycles. The first kappa shape index (κ1) is 23.7. The minimum atomic E-state index is -0.248. The van der Waals surface area contributed by atoms with Gasteiger partial charge >= 0.3 is 6.03 Å². The largest absolute Gasteiger partial charge is 0.378 e. The van der Waals surface area contributed by atoms with Crippen molar-refractivity contribution < 1.29 is 14.3 Å². The second-order valence-corrected chi connectivity index (χ2v) is 8.65. The third-order valence-corrected chi connectivity index (χ3v) is 6.26. The lowest BCUT2D eigenvalue weighted by molar-refractivity contribution is 0.0725. The van der Waals surface area contributed by atoms with Crippen LogP contribution in [0.4, 0.5) is 16.3 Å². The standard InChI is InChI=1S/C26H29N7O3/c1-2-27-26(35)29-19-8-6-18(7-9-19)23-30-22-17-33(25(34)21-5-3-4-11-28-21)12-10-20(22)24(31-23)32-13-15-36-16-14-32/h3-9,11H,2,10,12-17H2,1H3,(H2,27,29,35). The number of carbonyl (C=O) groups is 2. The van der Waals surface area contributed by atoms with Crippen LogP contribution >= 0.6 is 0 Å². The number of amides is 3. The van der Waals surface area contributed by atoms with Crippen molar-refractivity contribution in [2.45, 2.75) is 19.9 Å². The van der Waals surface area contributed by atoms with Gasteiger partial charge in [0.1, 0.15) is 11.5 Å². The average Bonchev–Trinajstić information content (AvgIpc) is 2.93. The van der Waals surface area contributed by atoms with Gasteiger partial charge in [0.2, 0.25) is 0 Å². The monoisotopic (exact) mass is 487 g/mol. The molecule has 10 nitrogen and oxygen atoms in total. The topological polar surface area (TPSA) is 113 Å². The number of ether oxygens (including phenoxy) is 1. The van der Waals surface area contributed by atoms with E-state index in [0.29, 0.717) is 56.5 Å². The number of fused-ring (bicyclic) bond motifs is 1. The number of aromatic nitrogens is 3. The number of hydrogen-bond acceptors (Lipinski definition) is 7. The number of hydrogen-bond donors (Lipinski definition) is 2. The molecule has 2 N–H and O–H groups in total. The van der Waals surface area contributed by atoms with E-state index in [2.05, 4.69) is 20.5 Å². The molecule has 2 aliphatic heterocycles. The Hall–Kier alpha value is -4.05. The molecule has 0 atom stereocenters. The summed E-state index contributed by atoms with van der Waals surface area (Å²) in [5.41, 5.74) is 3.88. The van der Waals surface area contributed by atoms with Crippen LogP contribution in [-0.4, -0.2) is 71.2 Å². The highest BCUT2D eigenvalue weighted by atomic mass is 16.5. The molecule has 10 heteroatoms. The van der Waals surface area contributed by atoms with Crippen molar-refractivity contribution >= 4 is 23.4 Å². The van der Waals surface area contributed by atoms with Crippen molar-refractivity contribution in [2.75, 3.05) is 49.6 Å². The maximum Gasteiger partial charge on any atom is 0.319 e. The van der Waals surface area contributed by atoms with Gasteiger partial charge < -0.3 is 25.2 Å². The Morgan fingerprint density at radius 2 is 1.83 bits per heavy atom. The van der Waals surface area contributed by atoms with E-state index in [0.717, 1.165) is 35.7 Å². The fourth-order valence-corrected chi connectivity index (χ4v) is 4.44. The summed E-state index contributed by atoms with van der Waals surface area (Å²) in [5.74, 6) is 1.40. The molecule has 2 aromatic heterocycles. The van der Waals surface area contributed by atoms with Gasteiger partial charge in [0.05, 0.1) is 25.5 Å². The number of urea groups is 1. The zero-order chi connectivity index (χ0) is 24.9. The molecule has 1 aromatic carbocycles. The number of rotatable bonds is 5. The molecule has 36 heavy (non-hydrogen) atoms. The SMILES string of the molecule is CCNC(=O)Nc1ccc(-c2nc3c(c(N4CCOCC4)n2)CCN(C(=O)c2ccccn2)C3)cc1. The van der Waals surface area contributed by atoms with Crippen molar-refractivity contribution in [1.29, 1.82) is 0 Å². The van der Waals surface area contributed by atoms with E-state index in [1.807, 2.05) is 37.3 Å². The van der Waals surface area contributed by atoms with Gasteiger partial charge in [-0.15, -0.1) is 0 Å². The van der Waals surface area contributed by atoms with Crippen LogP contribution in [0.3, 0.4) is 0 Å². The van der Waals surface area contributed by atoms with Crippen molar-refractivity contribution in [2.24, 2.45) is 0 Å². The van der Waals surface area contributed by atoms with E-state index < -0.39 is 0 Å². The van der Waals surface area contributed by atoms with Gasteiger partial charge in [-0.2, -0.15) is 0 Å². The van der Waals surface area contributed by atoms with Crippen molar-refractivity contribution in [3.8, 4) is 11.4 Å². The van der Waals surface area contributed by atoms with Crippen LogP contribution in [0, 0.1) is 0 Å². The number of carbonyl (C=O) groups excluding carboxylic acids is 2. The van der Waals surface area contributed by atoms with E-state index in [9.17, 15) is 9.59 Å². The molecule has 0 spiro atoms. The zero-order valence-corrected chi connectivity index (χ0v) is 20.2. The van der Waals surface area contributed by atoms with E-state index in [1.54, 1.807) is 23.2 Å². The molecular formula is C26H29N7O3. The van der Waals surface area contributed by atoms with Gasteiger partial charge in [0.15, 0.2) is 5.82 Å². The van der Waals surface area contributed by atoms with Crippen LogP contribution < -0.4 is 15.5 Å². The number of nitrogens with one attached hydrogen (secondary N) is 2. The van der Waals surface area contributed by atoms with Gasteiger partial charge in [-0.3, -0.25) is 9.78 Å². The van der Waals surface area contributed by atoms with Gasteiger partial charge in [0, 0.05) is 49.2 Å². The lowest BCUT2D eigenvalue weighted by atomic mass is 10.0. The second kappa shape index (κ2) is 10.7. The van der Waals surface area contributed by atoms with Gasteiger partial charge in [0.25, 0.3) is 5.91 Å². The molecule has 0 unspecified atom stereocenters. The summed E-state index contributed by atoms with van der Waals surface area (Å²) in [6.45, 7) is 6.22. The number of anilines is 2. The molecule has 4 heterocycles. The maximum atomic E-state index is 13.1. The van der Waals surface area contributed by atoms with E-state index >= 15 is 0 Å². The number of pyridine rings is 1. The van der Waals surface area contributed by atoms with E-state index in [1.165, 1.54) is 0 Å². The summed E-state index contributed by atoms with van der Waals surface area (Å²) in [6.07, 6.45) is 2.31. The normalized spacial score (nSPS) is 15.2. The first-order valence-corrected chi connectivity index (χ1v) is 12.2. The summed E-state index contributed by atoms with van der Waals surface area (Å²) in [4.78, 5) is 43.1. The molecule has 1 fully saturated rings. The summed E-state index contributed by atoms with van der Waals surface area (Å²) in [7, 11) is 0. The highest BCUT2D eigenvalue weighted by Gasteiger charge is 2.29. The molecule has 5 rings (SSSR count). The summed E-state index contributed by atoms with van der Waals surface area (Å²) in [6, 6.07) is 12.6. The zero-order valence-electron chi connectivity index (χ0n) is 20.2. The third kappa shape index (κ3) is 5.13. The highest BCUT2D eigenvalue weighted by molar-refractivity contribution is 5.92. The number of benzene rings is 1. The average molecular weight is 488 g/mol. The van der Waals surface area contributed by atoms with Crippen molar-refractivity contribution in [1.82, 2.24) is 25.2 Å². The Balaban J connectivity index is 1.46. The molecule has 186 valence electrons. The fraction of sp³-hybridized carbons (Fsp3) is 0.346. The Bertz CT molecular complexity index is 1230. The van der Waals surface area contributed by atoms with Crippen LogP contribution in [0.2, 0.25) is 0 Å². The Morgan fingerprint density at radius 3 is 2.56 bits per heavy atom. The van der Waals surface area contributed by atoms with Crippen LogP contribution in [0.15, 0.2) is 48.7 Å². The molecule has 0 bridgehead atoms. The maximum absolute atomic E-state index is 13.1. The fourth-order valence-electron chi connectivity index (χ4n) is 4.44. The van der Waals surface area contributed by atoms with E-state index in [-0.39, 0.29) is 11.9 Å². The second-order valence-electron chi connectivity index (χ2n) is 8.65. The predicted octanol–water partition coefficient (Wildman–Crippen LogP) is 2.72. The molecule has 3 amide bonds. The lowest BCUT2D eigenvalue weighted by Gasteiger charge is -2.34. The van der Waals surface area contributed by atoms with Crippen LogP contribution in [0.1, 0.15) is 28.7 Å². The van der Waals surface area contributed by atoms with Crippen LogP contribution in [-0.2, 0) is 17.7 Å². The third-order valence-electron chi connectivity index (χ3n) is 6.26. The first-order valence-electron chi connectivity index (χ1n) is 12.2. The lowest BCUT2D eigenvalue weighted by Crippen LogP contribution is -2.41. The summed E-state index contributed by atoms with van der Waals surface area (Å²) in [5, 5.41) is 5.52. The quantitative estimate of drug-likeness (QED) is 0.569.